The maximum absolute atomic E-state index is 11.9. The molecule has 5 nitrogen and oxygen atoms in total. The summed E-state index contributed by atoms with van der Waals surface area (Å²) in [6, 6.07) is 9.58. The fourth-order valence-corrected chi connectivity index (χ4v) is 2.57. The largest absolute Gasteiger partial charge is 0.481 e. The van der Waals surface area contributed by atoms with E-state index < -0.39 is 17.5 Å². The minimum Gasteiger partial charge on any atom is -0.481 e. The van der Waals surface area contributed by atoms with Crippen LogP contribution in [0.25, 0.3) is 0 Å². The fraction of sp³-hybridized carbons (Fsp3) is 0.529. The van der Waals surface area contributed by atoms with E-state index in [9.17, 15) is 14.7 Å². The Balaban J connectivity index is 1.91. The Labute approximate surface area is 130 Å². The number of aliphatic carboxylic acids is 1. The molecule has 1 aliphatic rings. The number of benzene rings is 1. The van der Waals surface area contributed by atoms with Gasteiger partial charge in [-0.3, -0.25) is 4.79 Å². The molecule has 2 rings (SSSR count). The van der Waals surface area contributed by atoms with E-state index in [-0.39, 0.29) is 12.0 Å². The van der Waals surface area contributed by atoms with E-state index in [1.165, 1.54) is 0 Å². The molecule has 1 aliphatic heterocycles. The Kier molecular flexibility index (Phi) is 4.74. The lowest BCUT2D eigenvalue weighted by Gasteiger charge is -2.42. The smallest absolute Gasteiger partial charge is 0.410 e. The zero-order chi connectivity index (χ0) is 16.3. The second-order valence-corrected chi connectivity index (χ2v) is 6.78. The molecule has 5 heteroatoms. The number of hydrogen-bond donors (Lipinski definition) is 1. The standard InChI is InChI=1S/C17H23NO4/c1-17(2,3)22-16(21)18-10-13(11-18)14(15(19)20)9-12-7-5-4-6-8-12/h4-8,13-14H,9-11H2,1-3H3,(H,19,20). The molecule has 0 radical (unpaired) electrons. The molecule has 1 aromatic rings. The number of carbonyl (C=O) groups is 2. The molecule has 22 heavy (non-hydrogen) atoms. The maximum Gasteiger partial charge on any atom is 0.410 e. The summed E-state index contributed by atoms with van der Waals surface area (Å²) in [6.45, 7) is 6.34. The van der Waals surface area contributed by atoms with Crippen molar-refractivity contribution in [3.05, 3.63) is 35.9 Å². The molecule has 0 spiro atoms. The fourth-order valence-electron chi connectivity index (χ4n) is 2.57. The summed E-state index contributed by atoms with van der Waals surface area (Å²) in [5.41, 5.74) is 0.476. The highest BCUT2D eigenvalue weighted by Gasteiger charge is 2.41. The average Bonchev–Trinajstić information content (AvgIpc) is 2.34. The van der Waals surface area contributed by atoms with E-state index in [1.54, 1.807) is 4.90 Å². The zero-order valence-corrected chi connectivity index (χ0v) is 13.3. The molecule has 1 saturated heterocycles. The number of rotatable bonds is 4. The highest BCUT2D eigenvalue weighted by Crippen LogP contribution is 2.28. The summed E-state index contributed by atoms with van der Waals surface area (Å²) >= 11 is 0. The zero-order valence-electron chi connectivity index (χ0n) is 13.3. The highest BCUT2D eigenvalue weighted by molar-refractivity contribution is 5.73. The summed E-state index contributed by atoms with van der Waals surface area (Å²) in [5, 5.41) is 9.45. The van der Waals surface area contributed by atoms with Crippen LogP contribution in [-0.4, -0.2) is 40.8 Å². The predicted octanol–water partition coefficient (Wildman–Crippen LogP) is 2.80. The van der Waals surface area contributed by atoms with Crippen LogP contribution in [-0.2, 0) is 16.0 Å². The van der Waals surface area contributed by atoms with Crippen molar-refractivity contribution in [2.75, 3.05) is 13.1 Å². The minimum absolute atomic E-state index is 0.0229. The summed E-state index contributed by atoms with van der Waals surface area (Å²) in [6.07, 6.45) is 0.121. The van der Waals surface area contributed by atoms with Gasteiger partial charge in [0.25, 0.3) is 0 Å². The Morgan fingerprint density at radius 2 is 1.86 bits per heavy atom. The lowest BCUT2D eigenvalue weighted by Crippen LogP contribution is -2.55. The van der Waals surface area contributed by atoms with Crippen LogP contribution in [0.15, 0.2) is 30.3 Å². The highest BCUT2D eigenvalue weighted by atomic mass is 16.6. The second-order valence-electron chi connectivity index (χ2n) is 6.78. The number of likely N-dealkylation sites (tertiary alicyclic amines) is 1. The quantitative estimate of drug-likeness (QED) is 0.929. The van der Waals surface area contributed by atoms with Gasteiger partial charge in [0.05, 0.1) is 5.92 Å². The van der Waals surface area contributed by atoms with Crippen LogP contribution in [0.3, 0.4) is 0 Å². The number of carbonyl (C=O) groups excluding carboxylic acids is 1. The van der Waals surface area contributed by atoms with Gasteiger partial charge in [-0.2, -0.15) is 0 Å². The Morgan fingerprint density at radius 3 is 2.36 bits per heavy atom. The van der Waals surface area contributed by atoms with Crippen molar-refractivity contribution in [2.24, 2.45) is 11.8 Å². The molecular weight excluding hydrogens is 282 g/mol. The third kappa shape index (κ3) is 4.23. The first-order valence-corrected chi connectivity index (χ1v) is 7.51. The molecule has 1 amide bonds. The Morgan fingerprint density at radius 1 is 1.27 bits per heavy atom. The Bertz CT molecular complexity index is 529. The van der Waals surface area contributed by atoms with Gasteiger partial charge in [-0.1, -0.05) is 30.3 Å². The van der Waals surface area contributed by atoms with E-state index >= 15 is 0 Å². The summed E-state index contributed by atoms with van der Waals surface area (Å²) in [4.78, 5) is 25.0. The molecule has 0 aromatic heterocycles. The molecule has 1 aromatic carbocycles. The minimum atomic E-state index is -0.808. The number of hydrogen-bond acceptors (Lipinski definition) is 3. The second kappa shape index (κ2) is 6.38. The van der Waals surface area contributed by atoms with E-state index in [1.807, 2.05) is 51.1 Å². The molecule has 1 fully saturated rings. The van der Waals surface area contributed by atoms with E-state index in [4.69, 9.17) is 4.74 Å². The van der Waals surface area contributed by atoms with Gasteiger partial charge in [0.15, 0.2) is 0 Å². The van der Waals surface area contributed by atoms with E-state index in [0.29, 0.717) is 19.5 Å². The summed E-state index contributed by atoms with van der Waals surface area (Å²) in [7, 11) is 0. The number of nitrogens with zero attached hydrogens (tertiary/aromatic N) is 1. The van der Waals surface area contributed by atoms with Crippen LogP contribution < -0.4 is 0 Å². The SMILES string of the molecule is CC(C)(C)OC(=O)N1CC(C(Cc2ccccc2)C(=O)O)C1. The maximum atomic E-state index is 11.9. The van der Waals surface area contributed by atoms with Gasteiger partial charge in [0.1, 0.15) is 5.60 Å². The lowest BCUT2D eigenvalue weighted by molar-refractivity contribution is -0.146. The van der Waals surface area contributed by atoms with Crippen molar-refractivity contribution in [3.8, 4) is 0 Å². The molecule has 0 saturated carbocycles. The third-order valence-electron chi connectivity index (χ3n) is 3.75. The van der Waals surface area contributed by atoms with Crippen molar-refractivity contribution in [1.29, 1.82) is 0 Å². The van der Waals surface area contributed by atoms with Gasteiger partial charge in [0, 0.05) is 19.0 Å². The van der Waals surface area contributed by atoms with Gasteiger partial charge in [-0.15, -0.1) is 0 Å². The average molecular weight is 305 g/mol. The topological polar surface area (TPSA) is 66.8 Å². The van der Waals surface area contributed by atoms with Gasteiger partial charge in [-0.05, 0) is 32.8 Å². The van der Waals surface area contributed by atoms with Gasteiger partial charge < -0.3 is 14.7 Å². The normalized spacial score (nSPS) is 16.8. The molecular formula is C17H23NO4. The Hall–Kier alpha value is -2.04. The van der Waals surface area contributed by atoms with Crippen LogP contribution in [0.2, 0.25) is 0 Å². The molecule has 1 heterocycles. The number of ether oxygens (including phenoxy) is 1. The molecule has 1 unspecified atom stereocenters. The first-order chi connectivity index (χ1) is 10.3. The van der Waals surface area contributed by atoms with Crippen molar-refractivity contribution >= 4 is 12.1 Å². The lowest BCUT2D eigenvalue weighted by atomic mass is 9.82. The summed E-state index contributed by atoms with van der Waals surface area (Å²) in [5.74, 6) is -1.30. The molecule has 1 N–H and O–H groups in total. The van der Waals surface area contributed by atoms with E-state index in [0.717, 1.165) is 5.56 Å². The van der Waals surface area contributed by atoms with Crippen LogP contribution in [0, 0.1) is 11.8 Å². The van der Waals surface area contributed by atoms with Crippen LogP contribution in [0.1, 0.15) is 26.3 Å². The summed E-state index contributed by atoms with van der Waals surface area (Å²) < 4.78 is 5.29. The van der Waals surface area contributed by atoms with Gasteiger partial charge in [-0.25, -0.2) is 4.79 Å². The molecule has 0 bridgehead atoms. The number of carboxylic acids is 1. The van der Waals surface area contributed by atoms with E-state index in [2.05, 4.69) is 0 Å². The molecule has 1 atom stereocenters. The predicted molar refractivity (Wildman–Crippen MR) is 82.6 cm³/mol. The number of carboxylic acid groups (broad SMARTS) is 1. The van der Waals surface area contributed by atoms with Crippen LogP contribution >= 0.6 is 0 Å². The van der Waals surface area contributed by atoms with Gasteiger partial charge in [0.2, 0.25) is 0 Å². The monoisotopic (exact) mass is 305 g/mol. The van der Waals surface area contributed by atoms with Crippen molar-refractivity contribution in [3.63, 3.8) is 0 Å². The first-order valence-electron chi connectivity index (χ1n) is 7.51. The first kappa shape index (κ1) is 16.3. The molecule has 0 aliphatic carbocycles. The van der Waals surface area contributed by atoms with Crippen LogP contribution in [0.4, 0.5) is 4.79 Å². The van der Waals surface area contributed by atoms with Gasteiger partial charge >= 0.3 is 12.1 Å². The third-order valence-corrected chi connectivity index (χ3v) is 3.75. The van der Waals surface area contributed by atoms with Crippen molar-refractivity contribution in [2.45, 2.75) is 32.8 Å². The molecule has 120 valence electrons. The number of amides is 1. The van der Waals surface area contributed by atoms with Crippen LogP contribution in [0.5, 0.6) is 0 Å². The van der Waals surface area contributed by atoms with Crippen molar-refractivity contribution in [1.82, 2.24) is 4.90 Å². The van der Waals surface area contributed by atoms with Crippen molar-refractivity contribution < 1.29 is 19.4 Å².